The molecule has 0 saturated heterocycles. The lowest BCUT2D eigenvalue weighted by atomic mass is 10.1. The average Bonchev–Trinajstić information content (AvgIpc) is 2.67. The van der Waals surface area contributed by atoms with E-state index in [1.165, 1.54) is 13.0 Å². The van der Waals surface area contributed by atoms with Crippen LogP contribution in [0.2, 0.25) is 0 Å². The van der Waals surface area contributed by atoms with E-state index in [-0.39, 0.29) is 11.3 Å². The van der Waals surface area contributed by atoms with Crippen LogP contribution in [0.3, 0.4) is 0 Å². The Morgan fingerprint density at radius 1 is 1.35 bits per heavy atom. The zero-order valence-corrected chi connectivity index (χ0v) is 9.73. The number of fused-ring (bicyclic) bond motifs is 1. The summed E-state index contributed by atoms with van der Waals surface area (Å²) in [6.45, 7) is 3.43. The Labute approximate surface area is 98.5 Å². The Hall–Kier alpha value is -2.10. The molecule has 0 aliphatic heterocycles. The third-order valence-electron chi connectivity index (χ3n) is 2.84. The van der Waals surface area contributed by atoms with E-state index in [2.05, 4.69) is 0 Å². The summed E-state index contributed by atoms with van der Waals surface area (Å²) < 4.78 is 1.63. The van der Waals surface area contributed by atoms with Gasteiger partial charge in [-0.2, -0.15) is 0 Å². The Morgan fingerprint density at radius 2 is 2.06 bits per heavy atom. The highest BCUT2D eigenvalue weighted by atomic mass is 16.4. The minimum atomic E-state index is -1.01. The van der Waals surface area contributed by atoms with Gasteiger partial charge in [-0.05, 0) is 30.2 Å². The number of Topliss-reactive ketones (excluding diaryl/α,β-unsaturated/α-hetero) is 1. The number of rotatable bonds is 3. The fourth-order valence-corrected chi connectivity index (χ4v) is 1.90. The Kier molecular flexibility index (Phi) is 2.71. The second kappa shape index (κ2) is 4.05. The topological polar surface area (TPSA) is 58.8 Å². The fourth-order valence-electron chi connectivity index (χ4n) is 1.90. The van der Waals surface area contributed by atoms with E-state index in [1.54, 1.807) is 10.6 Å². The highest BCUT2D eigenvalue weighted by Gasteiger charge is 2.16. The van der Waals surface area contributed by atoms with E-state index < -0.39 is 5.97 Å². The van der Waals surface area contributed by atoms with E-state index in [0.717, 1.165) is 12.0 Å². The lowest BCUT2D eigenvalue weighted by Crippen LogP contribution is -1.98. The first-order valence-electron chi connectivity index (χ1n) is 5.42. The molecule has 0 aromatic carbocycles. The van der Waals surface area contributed by atoms with Crippen LogP contribution in [0.4, 0.5) is 0 Å². The number of aryl methyl sites for hydroxylation is 1. The van der Waals surface area contributed by atoms with Gasteiger partial charge in [0.1, 0.15) is 0 Å². The highest BCUT2D eigenvalue weighted by Crippen LogP contribution is 2.19. The van der Waals surface area contributed by atoms with Crippen LogP contribution in [0.1, 0.15) is 40.3 Å². The van der Waals surface area contributed by atoms with Gasteiger partial charge < -0.3 is 9.51 Å². The van der Waals surface area contributed by atoms with Crippen molar-refractivity contribution in [2.45, 2.75) is 20.3 Å². The number of aromatic carboxylic acids is 1. The molecule has 0 bridgehead atoms. The van der Waals surface area contributed by atoms with E-state index in [0.29, 0.717) is 11.2 Å². The molecule has 17 heavy (non-hydrogen) atoms. The quantitative estimate of drug-likeness (QED) is 0.825. The number of hydrogen-bond acceptors (Lipinski definition) is 2. The Balaban J connectivity index is 2.81. The minimum absolute atomic E-state index is 0.142. The maximum absolute atomic E-state index is 11.4. The maximum atomic E-state index is 11.4. The molecule has 0 aliphatic carbocycles. The second-order valence-corrected chi connectivity index (χ2v) is 3.95. The number of nitrogens with zero attached hydrogens (tertiary/aromatic N) is 1. The summed E-state index contributed by atoms with van der Waals surface area (Å²) in [5.41, 5.74) is 2.20. The van der Waals surface area contributed by atoms with E-state index in [9.17, 15) is 9.59 Å². The van der Waals surface area contributed by atoms with Crippen molar-refractivity contribution in [3.8, 4) is 0 Å². The number of carboxylic acid groups (broad SMARTS) is 1. The normalized spacial score (nSPS) is 10.7. The molecule has 0 radical (unpaired) electrons. The summed E-state index contributed by atoms with van der Waals surface area (Å²) in [5, 5.41) is 9.12. The standard InChI is InChI=1S/C13H13NO3/c1-3-9-4-5-14-11(8(2)15)7-10(13(16)17)12(14)6-9/h4-7H,3H2,1-2H3,(H,16,17). The van der Waals surface area contributed by atoms with Crippen LogP contribution >= 0.6 is 0 Å². The van der Waals surface area contributed by atoms with Gasteiger partial charge in [0.15, 0.2) is 5.78 Å². The van der Waals surface area contributed by atoms with Crippen molar-refractivity contribution >= 4 is 17.3 Å². The van der Waals surface area contributed by atoms with Gasteiger partial charge in [0.05, 0.1) is 16.8 Å². The van der Waals surface area contributed by atoms with Crippen molar-refractivity contribution in [1.82, 2.24) is 4.40 Å². The zero-order valence-electron chi connectivity index (χ0n) is 9.73. The molecule has 2 rings (SSSR count). The molecule has 88 valence electrons. The molecule has 2 aromatic rings. The summed E-state index contributed by atoms with van der Waals surface area (Å²) in [6, 6.07) is 5.14. The fraction of sp³-hybridized carbons (Fsp3) is 0.231. The van der Waals surface area contributed by atoms with Crippen molar-refractivity contribution in [3.05, 3.63) is 41.2 Å². The molecule has 0 fully saturated rings. The number of aromatic nitrogens is 1. The Morgan fingerprint density at radius 3 is 2.59 bits per heavy atom. The zero-order chi connectivity index (χ0) is 12.6. The first kappa shape index (κ1) is 11.4. The van der Waals surface area contributed by atoms with Crippen molar-refractivity contribution in [2.75, 3.05) is 0 Å². The van der Waals surface area contributed by atoms with Gasteiger partial charge in [-0.1, -0.05) is 6.92 Å². The lowest BCUT2D eigenvalue weighted by molar-refractivity contribution is 0.0699. The molecule has 0 unspecified atom stereocenters. The monoisotopic (exact) mass is 231 g/mol. The molecular formula is C13H13NO3. The van der Waals surface area contributed by atoms with Crippen molar-refractivity contribution in [1.29, 1.82) is 0 Å². The van der Waals surface area contributed by atoms with Crippen LogP contribution in [-0.4, -0.2) is 21.3 Å². The lowest BCUT2D eigenvalue weighted by Gasteiger charge is -2.02. The van der Waals surface area contributed by atoms with Gasteiger partial charge in [0, 0.05) is 13.1 Å². The molecule has 0 saturated carbocycles. The van der Waals surface area contributed by atoms with Gasteiger partial charge >= 0.3 is 5.97 Å². The second-order valence-electron chi connectivity index (χ2n) is 3.95. The smallest absolute Gasteiger partial charge is 0.337 e. The molecular weight excluding hydrogens is 218 g/mol. The predicted octanol–water partition coefficient (Wildman–Crippen LogP) is 2.40. The molecule has 0 amide bonds. The summed E-state index contributed by atoms with van der Waals surface area (Å²) >= 11 is 0. The molecule has 0 aliphatic rings. The number of carbonyl (C=O) groups is 2. The van der Waals surface area contributed by atoms with Crippen LogP contribution in [0.25, 0.3) is 5.52 Å². The van der Waals surface area contributed by atoms with E-state index >= 15 is 0 Å². The average molecular weight is 231 g/mol. The third kappa shape index (κ3) is 1.82. The van der Waals surface area contributed by atoms with Gasteiger partial charge in [-0.15, -0.1) is 0 Å². The summed E-state index contributed by atoms with van der Waals surface area (Å²) in [6.07, 6.45) is 2.58. The van der Waals surface area contributed by atoms with Gasteiger partial charge in [-0.3, -0.25) is 4.79 Å². The van der Waals surface area contributed by atoms with Crippen LogP contribution < -0.4 is 0 Å². The van der Waals surface area contributed by atoms with Gasteiger partial charge in [0.25, 0.3) is 0 Å². The highest BCUT2D eigenvalue weighted by molar-refractivity contribution is 6.02. The van der Waals surface area contributed by atoms with Gasteiger partial charge in [0.2, 0.25) is 0 Å². The van der Waals surface area contributed by atoms with Crippen molar-refractivity contribution < 1.29 is 14.7 Å². The first-order valence-corrected chi connectivity index (χ1v) is 5.42. The summed E-state index contributed by atoms with van der Waals surface area (Å²) in [5.74, 6) is -1.15. The third-order valence-corrected chi connectivity index (χ3v) is 2.84. The van der Waals surface area contributed by atoms with Crippen molar-refractivity contribution in [3.63, 3.8) is 0 Å². The number of ketones is 1. The Bertz CT molecular complexity index is 610. The van der Waals surface area contributed by atoms with Crippen molar-refractivity contribution in [2.24, 2.45) is 0 Å². The van der Waals surface area contributed by atoms with Crippen LogP contribution in [0.15, 0.2) is 24.4 Å². The number of hydrogen-bond donors (Lipinski definition) is 1. The molecule has 0 atom stereocenters. The van der Waals surface area contributed by atoms with Gasteiger partial charge in [-0.25, -0.2) is 4.79 Å². The van der Waals surface area contributed by atoms with Crippen LogP contribution in [0.5, 0.6) is 0 Å². The maximum Gasteiger partial charge on any atom is 0.337 e. The van der Waals surface area contributed by atoms with Crippen LogP contribution in [0, 0.1) is 0 Å². The SMILES string of the molecule is CCc1ccn2c(C(C)=O)cc(C(=O)O)c2c1. The molecule has 1 N–H and O–H groups in total. The molecule has 0 spiro atoms. The molecule has 2 heterocycles. The van der Waals surface area contributed by atoms with E-state index in [4.69, 9.17) is 5.11 Å². The number of pyridine rings is 1. The number of carboxylic acids is 1. The first-order chi connectivity index (χ1) is 8.04. The molecule has 4 heteroatoms. The van der Waals surface area contributed by atoms with E-state index in [1.807, 2.05) is 19.1 Å². The minimum Gasteiger partial charge on any atom is -0.478 e. The summed E-state index contributed by atoms with van der Waals surface area (Å²) in [7, 11) is 0. The molecule has 4 nitrogen and oxygen atoms in total. The number of carbonyl (C=O) groups excluding carboxylic acids is 1. The molecule has 2 aromatic heterocycles. The largest absolute Gasteiger partial charge is 0.478 e. The summed E-state index contributed by atoms with van der Waals surface area (Å²) in [4.78, 5) is 22.6. The predicted molar refractivity (Wildman–Crippen MR) is 63.7 cm³/mol. The van der Waals surface area contributed by atoms with Crippen LogP contribution in [-0.2, 0) is 6.42 Å².